The molecule has 0 bridgehead atoms. The Labute approximate surface area is 78.5 Å². The number of methoxy groups -OCH3 is 1. The van der Waals surface area contributed by atoms with E-state index < -0.39 is 0 Å². The number of ketones is 1. The van der Waals surface area contributed by atoms with Crippen LogP contribution in [0.15, 0.2) is 0 Å². The van der Waals surface area contributed by atoms with E-state index >= 15 is 0 Å². The molecule has 0 aliphatic heterocycles. The molecular formula is C10H16O3. The molecule has 1 rings (SSSR count). The Bertz CT molecular complexity index is 230. The van der Waals surface area contributed by atoms with Crippen LogP contribution in [0.25, 0.3) is 0 Å². The van der Waals surface area contributed by atoms with Gasteiger partial charge in [0.2, 0.25) is 0 Å². The zero-order valence-corrected chi connectivity index (χ0v) is 8.42. The summed E-state index contributed by atoms with van der Waals surface area (Å²) < 4.78 is 4.62. The van der Waals surface area contributed by atoms with Gasteiger partial charge in [-0.3, -0.25) is 9.59 Å². The zero-order valence-electron chi connectivity index (χ0n) is 8.42. The summed E-state index contributed by atoms with van der Waals surface area (Å²) in [5, 5.41) is 0. The number of ether oxygens (including phenoxy) is 1. The monoisotopic (exact) mass is 184 g/mol. The predicted molar refractivity (Wildman–Crippen MR) is 48.1 cm³/mol. The summed E-state index contributed by atoms with van der Waals surface area (Å²) in [6.07, 6.45) is 1.90. The van der Waals surface area contributed by atoms with Crippen LogP contribution in [0.1, 0.15) is 33.1 Å². The maximum Gasteiger partial charge on any atom is 0.309 e. The van der Waals surface area contributed by atoms with E-state index in [1.165, 1.54) is 7.11 Å². The first kappa shape index (κ1) is 10.2. The Morgan fingerprint density at radius 2 is 2.15 bits per heavy atom. The molecule has 1 aliphatic rings. The van der Waals surface area contributed by atoms with Crippen molar-refractivity contribution in [3.05, 3.63) is 0 Å². The summed E-state index contributed by atoms with van der Waals surface area (Å²) in [5.74, 6) is -0.275. The minimum Gasteiger partial charge on any atom is -0.469 e. The van der Waals surface area contributed by atoms with Gasteiger partial charge in [0.05, 0.1) is 13.0 Å². The highest BCUT2D eigenvalue weighted by Crippen LogP contribution is 2.35. The van der Waals surface area contributed by atoms with Crippen LogP contribution < -0.4 is 0 Å². The van der Waals surface area contributed by atoms with Crippen LogP contribution in [0.3, 0.4) is 0 Å². The van der Waals surface area contributed by atoms with Gasteiger partial charge in [0.1, 0.15) is 5.78 Å². The molecule has 0 aromatic heterocycles. The van der Waals surface area contributed by atoms with E-state index in [9.17, 15) is 9.59 Å². The number of hydrogen-bond acceptors (Lipinski definition) is 3. The Morgan fingerprint density at radius 1 is 1.54 bits per heavy atom. The van der Waals surface area contributed by atoms with Gasteiger partial charge in [-0.2, -0.15) is 0 Å². The summed E-state index contributed by atoms with van der Waals surface area (Å²) >= 11 is 0. The maximum atomic E-state index is 11.5. The number of esters is 1. The second kappa shape index (κ2) is 3.48. The molecule has 1 atom stereocenters. The normalized spacial score (nSPS) is 27.0. The Kier molecular flexibility index (Phi) is 2.74. The molecule has 3 heteroatoms. The summed E-state index contributed by atoms with van der Waals surface area (Å²) in [6.45, 7) is 3.87. The molecule has 0 amide bonds. The van der Waals surface area contributed by atoms with Gasteiger partial charge in [0.15, 0.2) is 0 Å². The van der Waals surface area contributed by atoms with Crippen molar-refractivity contribution in [2.75, 3.05) is 7.11 Å². The molecule has 0 N–H and O–H groups in total. The molecule has 1 fully saturated rings. The van der Waals surface area contributed by atoms with E-state index in [0.717, 1.165) is 12.8 Å². The molecular weight excluding hydrogens is 168 g/mol. The Hall–Kier alpha value is -0.860. The van der Waals surface area contributed by atoms with Crippen molar-refractivity contribution in [3.8, 4) is 0 Å². The van der Waals surface area contributed by atoms with E-state index in [1.807, 2.05) is 13.8 Å². The fourth-order valence-electron chi connectivity index (χ4n) is 1.64. The third-order valence-corrected chi connectivity index (χ3v) is 2.84. The minimum absolute atomic E-state index is 0.175. The molecule has 0 spiro atoms. The molecule has 1 aliphatic carbocycles. The van der Waals surface area contributed by atoms with Crippen molar-refractivity contribution < 1.29 is 14.3 Å². The minimum atomic E-state index is -0.246. The first-order chi connectivity index (χ1) is 5.97. The molecule has 0 heterocycles. The molecule has 13 heavy (non-hydrogen) atoms. The smallest absolute Gasteiger partial charge is 0.309 e. The molecule has 3 nitrogen and oxygen atoms in total. The van der Waals surface area contributed by atoms with Crippen molar-refractivity contribution in [2.24, 2.45) is 11.3 Å². The lowest BCUT2D eigenvalue weighted by Crippen LogP contribution is -2.35. The van der Waals surface area contributed by atoms with Gasteiger partial charge in [-0.1, -0.05) is 13.8 Å². The summed E-state index contributed by atoms with van der Waals surface area (Å²) in [6, 6.07) is 0. The van der Waals surface area contributed by atoms with Crippen LogP contribution >= 0.6 is 0 Å². The average molecular weight is 184 g/mol. The van der Waals surface area contributed by atoms with Crippen molar-refractivity contribution in [3.63, 3.8) is 0 Å². The van der Waals surface area contributed by atoms with Gasteiger partial charge in [-0.15, -0.1) is 0 Å². The molecule has 74 valence electrons. The highest BCUT2D eigenvalue weighted by atomic mass is 16.5. The molecule has 1 saturated carbocycles. The first-order valence-corrected chi connectivity index (χ1v) is 4.58. The van der Waals surface area contributed by atoms with Crippen LogP contribution in [-0.4, -0.2) is 18.9 Å². The lowest BCUT2D eigenvalue weighted by molar-refractivity contribution is -0.150. The Morgan fingerprint density at radius 3 is 2.62 bits per heavy atom. The largest absolute Gasteiger partial charge is 0.469 e. The van der Waals surface area contributed by atoms with E-state index in [-0.39, 0.29) is 23.1 Å². The van der Waals surface area contributed by atoms with Gasteiger partial charge >= 0.3 is 5.97 Å². The Balaban J connectivity index is 2.61. The van der Waals surface area contributed by atoms with Crippen molar-refractivity contribution in [1.82, 2.24) is 0 Å². The zero-order chi connectivity index (χ0) is 10.1. The van der Waals surface area contributed by atoms with Crippen LogP contribution in [0.2, 0.25) is 0 Å². The van der Waals surface area contributed by atoms with Gasteiger partial charge in [-0.05, 0) is 12.8 Å². The van der Waals surface area contributed by atoms with Gasteiger partial charge < -0.3 is 4.74 Å². The van der Waals surface area contributed by atoms with E-state index in [1.54, 1.807) is 0 Å². The summed E-state index contributed by atoms with van der Waals surface area (Å²) in [4.78, 5) is 22.7. The fraction of sp³-hybridized carbons (Fsp3) is 0.800. The lowest BCUT2D eigenvalue weighted by Gasteiger charge is -2.31. The third kappa shape index (κ3) is 2.08. The topological polar surface area (TPSA) is 43.4 Å². The van der Waals surface area contributed by atoms with Crippen LogP contribution in [-0.2, 0) is 14.3 Å². The van der Waals surface area contributed by atoms with Crippen molar-refractivity contribution in [2.45, 2.75) is 33.1 Å². The summed E-state index contributed by atoms with van der Waals surface area (Å²) in [7, 11) is 1.37. The third-order valence-electron chi connectivity index (χ3n) is 2.84. The number of Topliss-reactive ketones (excluding diaryl/α,β-unsaturated/α-hetero) is 1. The van der Waals surface area contributed by atoms with E-state index in [4.69, 9.17) is 0 Å². The number of hydrogen-bond donors (Lipinski definition) is 0. The SMILES string of the molecule is COC(=O)C1CCC(C)(C)C(=O)C1. The maximum absolute atomic E-state index is 11.5. The van der Waals surface area contributed by atoms with Gasteiger partial charge in [-0.25, -0.2) is 0 Å². The average Bonchev–Trinajstić information content (AvgIpc) is 2.08. The molecule has 0 saturated heterocycles. The van der Waals surface area contributed by atoms with Crippen molar-refractivity contribution in [1.29, 1.82) is 0 Å². The van der Waals surface area contributed by atoms with Gasteiger partial charge in [0, 0.05) is 11.8 Å². The molecule has 0 aromatic rings. The lowest BCUT2D eigenvalue weighted by atomic mass is 9.72. The molecule has 0 radical (unpaired) electrons. The highest BCUT2D eigenvalue weighted by molar-refractivity contribution is 5.89. The molecule has 0 aromatic carbocycles. The molecule has 1 unspecified atom stereocenters. The van der Waals surface area contributed by atoms with Crippen LogP contribution in [0.4, 0.5) is 0 Å². The number of rotatable bonds is 1. The second-order valence-corrected chi connectivity index (χ2v) is 4.27. The van der Waals surface area contributed by atoms with Crippen LogP contribution in [0.5, 0.6) is 0 Å². The highest BCUT2D eigenvalue weighted by Gasteiger charge is 2.37. The number of carbonyl (C=O) groups excluding carboxylic acids is 2. The standard InChI is InChI=1S/C10H16O3/c1-10(2)5-4-7(6-8(10)11)9(12)13-3/h7H,4-6H2,1-3H3. The fourth-order valence-corrected chi connectivity index (χ4v) is 1.64. The predicted octanol–water partition coefficient (Wildman–Crippen LogP) is 1.55. The van der Waals surface area contributed by atoms with Crippen molar-refractivity contribution >= 4 is 11.8 Å². The van der Waals surface area contributed by atoms with E-state index in [0.29, 0.717) is 6.42 Å². The van der Waals surface area contributed by atoms with Gasteiger partial charge in [0.25, 0.3) is 0 Å². The van der Waals surface area contributed by atoms with Crippen LogP contribution in [0, 0.1) is 11.3 Å². The van der Waals surface area contributed by atoms with E-state index in [2.05, 4.69) is 4.74 Å². The second-order valence-electron chi connectivity index (χ2n) is 4.27. The quantitative estimate of drug-likeness (QED) is 0.581. The first-order valence-electron chi connectivity index (χ1n) is 4.58. The summed E-state index contributed by atoms with van der Waals surface area (Å²) in [5.41, 5.74) is -0.246. The number of carbonyl (C=O) groups is 2.